The predicted molar refractivity (Wildman–Crippen MR) is 95.7 cm³/mol. The second-order valence-corrected chi connectivity index (χ2v) is 5.68. The van der Waals surface area contributed by atoms with Gasteiger partial charge in [0.05, 0.1) is 5.69 Å². The fourth-order valence-electron chi connectivity index (χ4n) is 2.54. The Labute approximate surface area is 140 Å². The predicted octanol–water partition coefficient (Wildman–Crippen LogP) is 5.03. The molecule has 0 aliphatic carbocycles. The summed E-state index contributed by atoms with van der Waals surface area (Å²) in [5, 5.41) is 6.34. The highest BCUT2D eigenvalue weighted by molar-refractivity contribution is 5.67. The maximum atomic E-state index is 13.8. The summed E-state index contributed by atoms with van der Waals surface area (Å²) >= 11 is 0. The number of aryl methyl sites for hydroxylation is 3. The van der Waals surface area contributed by atoms with E-state index in [4.69, 9.17) is 0 Å². The van der Waals surface area contributed by atoms with E-state index < -0.39 is 0 Å². The van der Waals surface area contributed by atoms with Gasteiger partial charge in [-0.1, -0.05) is 30.3 Å². The number of rotatable bonds is 4. The van der Waals surface area contributed by atoms with E-state index in [0.717, 1.165) is 16.8 Å². The summed E-state index contributed by atoms with van der Waals surface area (Å²) in [5.74, 6) is 1.49. The van der Waals surface area contributed by atoms with Crippen molar-refractivity contribution in [3.05, 3.63) is 71.3 Å². The average molecular weight is 322 g/mol. The summed E-state index contributed by atoms with van der Waals surface area (Å²) in [7, 11) is 0. The first-order chi connectivity index (χ1) is 11.5. The quantitative estimate of drug-likeness (QED) is 0.707. The number of nitrogens with one attached hydrogen (secondary N) is 2. The summed E-state index contributed by atoms with van der Waals surface area (Å²) in [4.78, 5) is 8.75. The van der Waals surface area contributed by atoms with Crippen LogP contribution in [0.15, 0.2) is 48.5 Å². The lowest BCUT2D eigenvalue weighted by molar-refractivity contribution is 0.632. The molecule has 122 valence electrons. The molecule has 0 amide bonds. The Morgan fingerprint density at radius 1 is 0.792 bits per heavy atom. The SMILES string of the molecule is Cc1nc(Nc2ccccc2F)cc(Nc2c(C)cccc2C)n1. The molecule has 3 rings (SSSR count). The lowest BCUT2D eigenvalue weighted by Crippen LogP contribution is -2.03. The van der Waals surface area contributed by atoms with Crippen LogP contribution in [0.25, 0.3) is 0 Å². The monoisotopic (exact) mass is 322 g/mol. The van der Waals surface area contributed by atoms with Crippen molar-refractivity contribution in [1.82, 2.24) is 9.97 Å². The van der Waals surface area contributed by atoms with Gasteiger partial charge in [-0.15, -0.1) is 0 Å². The zero-order chi connectivity index (χ0) is 17.1. The summed E-state index contributed by atoms with van der Waals surface area (Å²) in [6, 6.07) is 14.4. The van der Waals surface area contributed by atoms with Crippen molar-refractivity contribution in [2.45, 2.75) is 20.8 Å². The third-order valence-corrected chi connectivity index (χ3v) is 3.71. The van der Waals surface area contributed by atoms with Crippen LogP contribution in [0.4, 0.5) is 27.4 Å². The smallest absolute Gasteiger partial charge is 0.146 e. The van der Waals surface area contributed by atoms with Gasteiger partial charge >= 0.3 is 0 Å². The van der Waals surface area contributed by atoms with Crippen molar-refractivity contribution >= 4 is 23.0 Å². The molecule has 0 aliphatic heterocycles. The molecule has 5 heteroatoms. The van der Waals surface area contributed by atoms with Crippen LogP contribution in [0.1, 0.15) is 17.0 Å². The summed E-state index contributed by atoms with van der Waals surface area (Å²) in [6.07, 6.45) is 0. The van der Waals surface area contributed by atoms with E-state index in [1.54, 1.807) is 24.3 Å². The number of anilines is 4. The minimum Gasteiger partial charge on any atom is -0.340 e. The van der Waals surface area contributed by atoms with Gasteiger partial charge in [-0.25, -0.2) is 14.4 Å². The largest absolute Gasteiger partial charge is 0.340 e. The second-order valence-electron chi connectivity index (χ2n) is 5.68. The fraction of sp³-hybridized carbons (Fsp3) is 0.158. The molecular weight excluding hydrogens is 303 g/mol. The van der Waals surface area contributed by atoms with Crippen LogP contribution >= 0.6 is 0 Å². The molecule has 2 N–H and O–H groups in total. The van der Waals surface area contributed by atoms with Gasteiger partial charge in [-0.3, -0.25) is 0 Å². The first-order valence-electron chi connectivity index (χ1n) is 7.73. The van der Waals surface area contributed by atoms with E-state index in [-0.39, 0.29) is 5.82 Å². The molecule has 0 spiro atoms. The van der Waals surface area contributed by atoms with Gasteiger partial charge in [0.15, 0.2) is 0 Å². The van der Waals surface area contributed by atoms with Gasteiger partial charge in [-0.2, -0.15) is 0 Å². The first kappa shape index (κ1) is 15.9. The lowest BCUT2D eigenvalue weighted by Gasteiger charge is -2.14. The first-order valence-corrected chi connectivity index (χ1v) is 7.73. The van der Waals surface area contributed by atoms with Crippen LogP contribution in [-0.4, -0.2) is 9.97 Å². The molecule has 0 fully saturated rings. The van der Waals surface area contributed by atoms with E-state index in [0.29, 0.717) is 23.1 Å². The minimum absolute atomic E-state index is 0.321. The third-order valence-electron chi connectivity index (χ3n) is 3.71. The van der Waals surface area contributed by atoms with Gasteiger partial charge in [0.25, 0.3) is 0 Å². The van der Waals surface area contributed by atoms with Crippen molar-refractivity contribution in [1.29, 1.82) is 0 Å². The molecule has 0 saturated heterocycles. The average Bonchev–Trinajstić information content (AvgIpc) is 2.53. The molecule has 24 heavy (non-hydrogen) atoms. The lowest BCUT2D eigenvalue weighted by atomic mass is 10.1. The number of halogens is 1. The highest BCUT2D eigenvalue weighted by atomic mass is 19.1. The molecule has 3 aromatic rings. The zero-order valence-corrected chi connectivity index (χ0v) is 13.9. The number of nitrogens with zero attached hydrogens (tertiary/aromatic N) is 2. The van der Waals surface area contributed by atoms with Crippen molar-refractivity contribution < 1.29 is 4.39 Å². The Kier molecular flexibility index (Phi) is 4.42. The molecule has 0 atom stereocenters. The molecule has 1 heterocycles. The Morgan fingerprint density at radius 3 is 2.08 bits per heavy atom. The molecular formula is C19H19FN4. The molecule has 0 aliphatic rings. The molecule has 0 bridgehead atoms. The standard InChI is InChI=1S/C19H19FN4/c1-12-7-6-8-13(2)19(12)24-18-11-17(21-14(3)22-18)23-16-10-5-4-9-15(16)20/h4-11H,1-3H3,(H2,21,22,23,24). The van der Waals surface area contributed by atoms with Gasteiger partial charge in [0, 0.05) is 11.8 Å². The number of benzene rings is 2. The maximum Gasteiger partial charge on any atom is 0.146 e. The van der Waals surface area contributed by atoms with Crippen LogP contribution in [0.3, 0.4) is 0 Å². The van der Waals surface area contributed by atoms with Gasteiger partial charge in [0.1, 0.15) is 23.3 Å². The van der Waals surface area contributed by atoms with Crippen LogP contribution in [0.5, 0.6) is 0 Å². The van der Waals surface area contributed by atoms with E-state index in [9.17, 15) is 4.39 Å². The minimum atomic E-state index is -0.321. The molecule has 0 saturated carbocycles. The van der Waals surface area contributed by atoms with Crippen LogP contribution in [0.2, 0.25) is 0 Å². The van der Waals surface area contributed by atoms with Crippen molar-refractivity contribution in [3.63, 3.8) is 0 Å². The maximum absolute atomic E-state index is 13.8. The molecule has 0 unspecified atom stereocenters. The zero-order valence-electron chi connectivity index (χ0n) is 13.9. The number of hydrogen-bond acceptors (Lipinski definition) is 4. The molecule has 0 radical (unpaired) electrons. The van der Waals surface area contributed by atoms with Crippen LogP contribution in [-0.2, 0) is 0 Å². The normalized spacial score (nSPS) is 10.5. The topological polar surface area (TPSA) is 49.8 Å². The molecule has 2 aromatic carbocycles. The number of hydrogen-bond donors (Lipinski definition) is 2. The highest BCUT2D eigenvalue weighted by Crippen LogP contribution is 2.25. The van der Waals surface area contributed by atoms with E-state index >= 15 is 0 Å². The Hall–Kier alpha value is -2.95. The Morgan fingerprint density at radius 2 is 1.42 bits per heavy atom. The van der Waals surface area contributed by atoms with E-state index in [1.165, 1.54) is 6.07 Å². The summed E-state index contributed by atoms with van der Waals surface area (Å²) < 4.78 is 13.8. The van der Waals surface area contributed by atoms with E-state index in [2.05, 4.69) is 20.6 Å². The molecule has 4 nitrogen and oxygen atoms in total. The number of aromatic nitrogens is 2. The van der Waals surface area contributed by atoms with Gasteiger partial charge in [0.2, 0.25) is 0 Å². The van der Waals surface area contributed by atoms with Crippen molar-refractivity contribution in [2.75, 3.05) is 10.6 Å². The Balaban J connectivity index is 1.91. The van der Waals surface area contributed by atoms with Gasteiger partial charge in [-0.05, 0) is 44.0 Å². The summed E-state index contributed by atoms with van der Waals surface area (Å²) in [6.45, 7) is 5.90. The van der Waals surface area contributed by atoms with Gasteiger partial charge < -0.3 is 10.6 Å². The highest BCUT2D eigenvalue weighted by Gasteiger charge is 2.08. The second kappa shape index (κ2) is 6.66. The van der Waals surface area contributed by atoms with Crippen molar-refractivity contribution in [3.8, 4) is 0 Å². The van der Waals surface area contributed by atoms with Crippen LogP contribution < -0.4 is 10.6 Å². The number of para-hydroxylation sites is 2. The summed E-state index contributed by atoms with van der Waals surface area (Å²) in [5.41, 5.74) is 3.67. The van der Waals surface area contributed by atoms with E-state index in [1.807, 2.05) is 39.0 Å². The third kappa shape index (κ3) is 3.51. The van der Waals surface area contributed by atoms with Crippen LogP contribution in [0, 0.1) is 26.6 Å². The Bertz CT molecular complexity index is 857. The fourth-order valence-corrected chi connectivity index (χ4v) is 2.54. The van der Waals surface area contributed by atoms with Crippen molar-refractivity contribution in [2.24, 2.45) is 0 Å². The molecule has 1 aromatic heterocycles.